The Kier molecular flexibility index (Phi) is 6.77. The molecule has 1 rings (SSSR count). The van der Waals surface area contributed by atoms with Crippen molar-refractivity contribution in [1.82, 2.24) is 15.1 Å². The quantitative estimate of drug-likeness (QED) is 0.751. The lowest BCUT2D eigenvalue weighted by Gasteiger charge is -2.19. The molecule has 0 aromatic carbocycles. The molecule has 0 amide bonds. The molecule has 0 aliphatic rings. The predicted molar refractivity (Wildman–Crippen MR) is 73.1 cm³/mol. The largest absolute Gasteiger partial charge is 0.379 e. The van der Waals surface area contributed by atoms with Crippen LogP contribution < -0.4 is 5.32 Å². The van der Waals surface area contributed by atoms with Crippen molar-refractivity contribution < 1.29 is 4.74 Å². The van der Waals surface area contributed by atoms with Crippen LogP contribution in [0.1, 0.15) is 38.4 Å². The van der Waals surface area contributed by atoms with Crippen molar-refractivity contribution >= 4 is 15.9 Å². The predicted octanol–water partition coefficient (Wildman–Crippen LogP) is 2.65. The molecule has 17 heavy (non-hydrogen) atoms. The summed E-state index contributed by atoms with van der Waals surface area (Å²) in [6.07, 6.45) is 3.99. The van der Waals surface area contributed by atoms with Gasteiger partial charge in [0.25, 0.3) is 0 Å². The summed E-state index contributed by atoms with van der Waals surface area (Å²) in [6.45, 7) is 6.76. The molecule has 98 valence electrons. The minimum Gasteiger partial charge on any atom is -0.379 e. The second kappa shape index (κ2) is 7.84. The molecule has 0 bridgehead atoms. The summed E-state index contributed by atoms with van der Waals surface area (Å²) in [4.78, 5) is 0. The lowest BCUT2D eigenvalue weighted by atomic mass is 10.2. The van der Waals surface area contributed by atoms with Gasteiger partial charge in [0.15, 0.2) is 0 Å². The average molecular weight is 304 g/mol. The first-order valence-electron chi connectivity index (χ1n) is 6.19. The fourth-order valence-electron chi connectivity index (χ4n) is 1.71. The minimum absolute atomic E-state index is 0.198. The maximum Gasteiger partial charge on any atom is 0.0741 e. The van der Waals surface area contributed by atoms with Gasteiger partial charge < -0.3 is 10.1 Å². The van der Waals surface area contributed by atoms with E-state index in [1.54, 1.807) is 0 Å². The number of hydrogen-bond acceptors (Lipinski definition) is 3. The van der Waals surface area contributed by atoms with Gasteiger partial charge in [-0.2, -0.15) is 5.10 Å². The van der Waals surface area contributed by atoms with E-state index in [1.807, 2.05) is 17.9 Å². The molecular formula is C12H22BrN3O. The normalized spacial score (nSPS) is 12.9. The molecule has 0 fully saturated rings. The van der Waals surface area contributed by atoms with Crippen LogP contribution in [0.4, 0.5) is 0 Å². The number of aromatic nitrogens is 2. The van der Waals surface area contributed by atoms with Crippen molar-refractivity contribution in [2.45, 2.75) is 32.7 Å². The molecule has 1 unspecified atom stereocenters. The van der Waals surface area contributed by atoms with Crippen LogP contribution in [0.15, 0.2) is 10.7 Å². The van der Waals surface area contributed by atoms with Crippen molar-refractivity contribution in [3.05, 3.63) is 16.4 Å². The molecule has 1 heterocycles. The van der Waals surface area contributed by atoms with Gasteiger partial charge in [0.05, 0.1) is 29.0 Å². The summed E-state index contributed by atoms with van der Waals surface area (Å²) in [7, 11) is 1.96. The highest BCUT2D eigenvalue weighted by Gasteiger charge is 2.18. The van der Waals surface area contributed by atoms with Crippen LogP contribution >= 0.6 is 15.9 Å². The third-order valence-electron chi connectivity index (χ3n) is 2.54. The fraction of sp³-hybridized carbons (Fsp3) is 0.750. The van der Waals surface area contributed by atoms with Gasteiger partial charge >= 0.3 is 0 Å². The maximum atomic E-state index is 5.65. The van der Waals surface area contributed by atoms with E-state index in [-0.39, 0.29) is 6.04 Å². The van der Waals surface area contributed by atoms with Gasteiger partial charge in [-0.1, -0.05) is 13.8 Å². The average Bonchev–Trinajstić information content (AvgIpc) is 2.64. The Morgan fingerprint density at radius 2 is 2.24 bits per heavy atom. The number of hydrogen-bond donors (Lipinski definition) is 1. The van der Waals surface area contributed by atoms with Crippen molar-refractivity contribution in [2.75, 3.05) is 19.8 Å². The SMILES string of the molecule is CCCNC(COCCC)c1c(Br)cnn1C. The summed E-state index contributed by atoms with van der Waals surface area (Å²) in [5.41, 5.74) is 1.15. The van der Waals surface area contributed by atoms with Crippen LogP contribution in [0.3, 0.4) is 0 Å². The first-order valence-corrected chi connectivity index (χ1v) is 6.98. The minimum atomic E-state index is 0.198. The van der Waals surface area contributed by atoms with Gasteiger partial charge in [0, 0.05) is 13.7 Å². The maximum absolute atomic E-state index is 5.65. The molecule has 1 N–H and O–H groups in total. The Morgan fingerprint density at radius 3 is 2.76 bits per heavy atom. The lowest BCUT2D eigenvalue weighted by molar-refractivity contribution is 0.109. The summed E-state index contributed by atoms with van der Waals surface area (Å²) in [6, 6.07) is 0.198. The smallest absolute Gasteiger partial charge is 0.0741 e. The van der Waals surface area contributed by atoms with E-state index in [1.165, 1.54) is 0 Å². The molecule has 4 nitrogen and oxygen atoms in total. The van der Waals surface area contributed by atoms with Crippen LogP contribution in [0.2, 0.25) is 0 Å². The zero-order valence-corrected chi connectivity index (χ0v) is 12.5. The monoisotopic (exact) mass is 303 g/mol. The highest BCUT2D eigenvalue weighted by Crippen LogP contribution is 2.22. The molecule has 0 aliphatic heterocycles. The Balaban J connectivity index is 2.67. The molecular weight excluding hydrogens is 282 g/mol. The molecule has 0 saturated heterocycles. The topological polar surface area (TPSA) is 39.1 Å². The molecule has 0 radical (unpaired) electrons. The number of nitrogens with zero attached hydrogens (tertiary/aromatic N) is 2. The van der Waals surface area contributed by atoms with Gasteiger partial charge in [-0.3, -0.25) is 4.68 Å². The van der Waals surface area contributed by atoms with E-state index in [4.69, 9.17) is 4.74 Å². The second-order valence-corrected chi connectivity index (χ2v) is 4.94. The van der Waals surface area contributed by atoms with E-state index in [9.17, 15) is 0 Å². The van der Waals surface area contributed by atoms with Gasteiger partial charge in [0.2, 0.25) is 0 Å². The fourth-order valence-corrected chi connectivity index (χ4v) is 2.34. The molecule has 0 aliphatic carbocycles. The van der Waals surface area contributed by atoms with E-state index in [2.05, 4.69) is 40.2 Å². The number of rotatable bonds is 8. The number of nitrogens with one attached hydrogen (secondary N) is 1. The summed E-state index contributed by atoms with van der Waals surface area (Å²) in [5.74, 6) is 0. The molecule has 1 aromatic heterocycles. The molecule has 0 saturated carbocycles. The first kappa shape index (κ1) is 14.7. The zero-order chi connectivity index (χ0) is 12.7. The Morgan fingerprint density at radius 1 is 1.47 bits per heavy atom. The lowest BCUT2D eigenvalue weighted by Crippen LogP contribution is -2.28. The zero-order valence-electron chi connectivity index (χ0n) is 10.9. The van der Waals surface area contributed by atoms with E-state index < -0.39 is 0 Å². The summed E-state index contributed by atoms with van der Waals surface area (Å²) >= 11 is 3.54. The third-order valence-corrected chi connectivity index (χ3v) is 3.15. The van der Waals surface area contributed by atoms with Crippen molar-refractivity contribution in [1.29, 1.82) is 0 Å². The summed E-state index contributed by atoms with van der Waals surface area (Å²) in [5, 5.41) is 7.74. The van der Waals surface area contributed by atoms with E-state index in [0.29, 0.717) is 6.61 Å². The number of aryl methyl sites for hydroxylation is 1. The molecule has 5 heteroatoms. The Hall–Kier alpha value is -0.390. The van der Waals surface area contributed by atoms with Crippen molar-refractivity contribution in [3.8, 4) is 0 Å². The highest BCUT2D eigenvalue weighted by atomic mass is 79.9. The van der Waals surface area contributed by atoms with Gasteiger partial charge in [-0.15, -0.1) is 0 Å². The van der Waals surface area contributed by atoms with E-state index >= 15 is 0 Å². The van der Waals surface area contributed by atoms with Crippen LogP contribution in [-0.2, 0) is 11.8 Å². The Bertz CT molecular complexity index is 308. The van der Waals surface area contributed by atoms with Crippen molar-refractivity contribution in [2.24, 2.45) is 7.05 Å². The molecule has 0 spiro atoms. The summed E-state index contributed by atoms with van der Waals surface area (Å²) < 4.78 is 8.58. The van der Waals surface area contributed by atoms with Gasteiger partial charge in [-0.25, -0.2) is 0 Å². The van der Waals surface area contributed by atoms with Crippen molar-refractivity contribution in [3.63, 3.8) is 0 Å². The van der Waals surface area contributed by atoms with E-state index in [0.717, 1.165) is 36.2 Å². The van der Waals surface area contributed by atoms with Crippen LogP contribution in [-0.4, -0.2) is 29.5 Å². The number of ether oxygens (including phenoxy) is 1. The first-order chi connectivity index (χ1) is 8.20. The Labute approximate surface area is 112 Å². The van der Waals surface area contributed by atoms with Crippen LogP contribution in [0, 0.1) is 0 Å². The van der Waals surface area contributed by atoms with Gasteiger partial charge in [0.1, 0.15) is 0 Å². The second-order valence-electron chi connectivity index (χ2n) is 4.08. The molecule has 1 aromatic rings. The molecule has 1 atom stereocenters. The van der Waals surface area contributed by atoms with Crippen LogP contribution in [0.25, 0.3) is 0 Å². The third kappa shape index (κ3) is 4.41. The highest BCUT2D eigenvalue weighted by molar-refractivity contribution is 9.10. The number of halogens is 1. The standard InChI is InChI=1S/C12H22BrN3O/c1-4-6-14-11(9-17-7-5-2)12-10(13)8-15-16(12)3/h8,11,14H,4-7,9H2,1-3H3. The van der Waals surface area contributed by atoms with Crippen LogP contribution in [0.5, 0.6) is 0 Å². The van der Waals surface area contributed by atoms with Gasteiger partial charge in [-0.05, 0) is 35.3 Å².